The molecule has 3 nitrogen and oxygen atoms in total. The lowest BCUT2D eigenvalue weighted by Gasteiger charge is -2.27. The Balaban J connectivity index is 1.33. The third kappa shape index (κ3) is 3.52. The lowest BCUT2D eigenvalue weighted by atomic mass is 9.98. The van der Waals surface area contributed by atoms with Gasteiger partial charge in [-0.2, -0.15) is 0 Å². The maximum Gasteiger partial charge on any atom is 0.159 e. The van der Waals surface area contributed by atoms with Crippen molar-refractivity contribution in [1.29, 1.82) is 0 Å². The molecule has 2 aromatic heterocycles. The first-order valence-corrected chi connectivity index (χ1v) is 15.3. The minimum absolute atomic E-state index is 0.853. The van der Waals surface area contributed by atoms with Gasteiger partial charge in [0.15, 0.2) is 5.58 Å². The van der Waals surface area contributed by atoms with Crippen LogP contribution < -0.4 is 4.90 Å². The van der Waals surface area contributed by atoms with Crippen molar-refractivity contribution in [2.45, 2.75) is 0 Å². The number of para-hydroxylation sites is 2. The van der Waals surface area contributed by atoms with Gasteiger partial charge < -0.3 is 13.7 Å². The Labute approximate surface area is 258 Å². The number of fused-ring (bicyclic) bond motifs is 11. The van der Waals surface area contributed by atoms with E-state index in [0.717, 1.165) is 66.3 Å². The van der Waals surface area contributed by atoms with Crippen molar-refractivity contribution in [2.75, 3.05) is 4.90 Å². The molecule has 0 atom stereocenters. The second kappa shape index (κ2) is 9.22. The maximum absolute atomic E-state index is 6.89. The zero-order valence-electron chi connectivity index (χ0n) is 24.2. The van der Waals surface area contributed by atoms with Crippen LogP contribution in [-0.4, -0.2) is 0 Å². The molecule has 0 aliphatic carbocycles. The van der Waals surface area contributed by atoms with Gasteiger partial charge in [0.25, 0.3) is 0 Å². The minimum Gasteiger partial charge on any atom is -0.456 e. The van der Waals surface area contributed by atoms with Crippen LogP contribution in [-0.2, 0) is 0 Å². The summed E-state index contributed by atoms with van der Waals surface area (Å²) in [5, 5.41) is 11.5. The molecule has 10 rings (SSSR count). The number of anilines is 3. The van der Waals surface area contributed by atoms with Gasteiger partial charge in [-0.1, -0.05) is 109 Å². The summed E-state index contributed by atoms with van der Waals surface area (Å²) in [6.45, 7) is 0. The van der Waals surface area contributed by atoms with E-state index in [1.807, 2.05) is 12.1 Å². The van der Waals surface area contributed by atoms with Crippen LogP contribution in [0.3, 0.4) is 0 Å². The third-order valence-electron chi connectivity index (χ3n) is 9.22. The van der Waals surface area contributed by atoms with Gasteiger partial charge in [0.2, 0.25) is 0 Å². The van der Waals surface area contributed by atoms with Crippen LogP contribution in [0.25, 0.3) is 76.2 Å². The molecule has 2 heterocycles. The normalized spacial score (nSPS) is 12.0. The van der Waals surface area contributed by atoms with Crippen LogP contribution in [0.2, 0.25) is 0 Å². The van der Waals surface area contributed by atoms with Crippen LogP contribution in [0.5, 0.6) is 0 Å². The van der Waals surface area contributed by atoms with E-state index in [2.05, 4.69) is 144 Å². The summed E-state index contributed by atoms with van der Waals surface area (Å²) in [7, 11) is 0. The Kier molecular flexibility index (Phi) is 5.00. The SMILES string of the molecule is c1ccc2c(c1)cc(N(c1ccc3c(c1)oc1ccccc13)c1cccc3c1oc1c4ccccc4ccc31)c1ccccc12. The van der Waals surface area contributed by atoms with Crippen molar-refractivity contribution in [2.24, 2.45) is 0 Å². The number of furan rings is 2. The summed E-state index contributed by atoms with van der Waals surface area (Å²) >= 11 is 0. The van der Waals surface area contributed by atoms with Crippen molar-refractivity contribution >= 4 is 93.3 Å². The van der Waals surface area contributed by atoms with E-state index >= 15 is 0 Å². The second-order valence-electron chi connectivity index (χ2n) is 11.7. The van der Waals surface area contributed by atoms with Gasteiger partial charge in [-0.05, 0) is 57.9 Å². The minimum atomic E-state index is 0.853. The Morgan fingerprint density at radius 2 is 0.978 bits per heavy atom. The molecule has 0 saturated heterocycles. The molecule has 10 aromatic rings. The molecule has 0 bridgehead atoms. The Morgan fingerprint density at radius 1 is 0.333 bits per heavy atom. The van der Waals surface area contributed by atoms with E-state index < -0.39 is 0 Å². The van der Waals surface area contributed by atoms with Gasteiger partial charge >= 0.3 is 0 Å². The van der Waals surface area contributed by atoms with Crippen molar-refractivity contribution in [3.05, 3.63) is 152 Å². The van der Waals surface area contributed by atoms with E-state index in [1.165, 1.54) is 26.9 Å². The molecule has 3 heteroatoms. The standard InChI is InChI=1S/C42H25NO2/c1-4-13-30-26(10-1)20-22-36-35-17-9-18-37(42(35)45-41(30)36)43(28-21-23-34-33-16-7-8-19-39(33)44-40(34)25-28)38-24-27-11-2-3-12-29(27)31-14-5-6-15-32(31)38/h1-25H. The van der Waals surface area contributed by atoms with E-state index in [9.17, 15) is 0 Å². The van der Waals surface area contributed by atoms with Crippen LogP contribution in [0.15, 0.2) is 160 Å². The quantitative estimate of drug-likeness (QED) is 0.196. The molecule has 0 amide bonds. The summed E-state index contributed by atoms with van der Waals surface area (Å²) in [5.74, 6) is 0. The Bertz CT molecular complexity index is 2780. The average molecular weight is 576 g/mol. The molecule has 0 saturated carbocycles. The molecular formula is C42H25NO2. The summed E-state index contributed by atoms with van der Waals surface area (Å²) in [5.41, 5.74) is 6.56. The van der Waals surface area contributed by atoms with Crippen LogP contribution in [0.4, 0.5) is 17.1 Å². The molecule has 0 unspecified atom stereocenters. The Morgan fingerprint density at radius 3 is 1.87 bits per heavy atom. The summed E-state index contributed by atoms with van der Waals surface area (Å²) in [4.78, 5) is 2.34. The first-order chi connectivity index (χ1) is 22.3. The highest BCUT2D eigenvalue weighted by Gasteiger charge is 2.23. The molecule has 45 heavy (non-hydrogen) atoms. The fraction of sp³-hybridized carbons (Fsp3) is 0. The molecule has 0 N–H and O–H groups in total. The predicted octanol–water partition coefficient (Wildman–Crippen LogP) is 12.4. The monoisotopic (exact) mass is 575 g/mol. The first-order valence-electron chi connectivity index (χ1n) is 15.3. The van der Waals surface area contributed by atoms with Crippen LogP contribution in [0.1, 0.15) is 0 Å². The smallest absolute Gasteiger partial charge is 0.159 e. The van der Waals surface area contributed by atoms with Crippen LogP contribution in [0, 0.1) is 0 Å². The zero-order chi connectivity index (χ0) is 29.5. The van der Waals surface area contributed by atoms with Crippen molar-refractivity contribution in [1.82, 2.24) is 0 Å². The molecule has 0 spiro atoms. The Hall–Kier alpha value is -6.06. The van der Waals surface area contributed by atoms with Crippen molar-refractivity contribution in [3.63, 3.8) is 0 Å². The topological polar surface area (TPSA) is 29.5 Å². The number of nitrogens with zero attached hydrogens (tertiary/aromatic N) is 1. The zero-order valence-corrected chi connectivity index (χ0v) is 24.2. The van der Waals surface area contributed by atoms with Gasteiger partial charge in [-0.3, -0.25) is 0 Å². The van der Waals surface area contributed by atoms with E-state index in [0.29, 0.717) is 0 Å². The largest absolute Gasteiger partial charge is 0.456 e. The fourth-order valence-corrected chi connectivity index (χ4v) is 7.17. The molecule has 0 radical (unpaired) electrons. The summed E-state index contributed by atoms with van der Waals surface area (Å²) < 4.78 is 13.3. The van der Waals surface area contributed by atoms with Crippen molar-refractivity contribution < 1.29 is 8.83 Å². The second-order valence-corrected chi connectivity index (χ2v) is 11.7. The van der Waals surface area contributed by atoms with E-state index in [1.54, 1.807) is 0 Å². The highest BCUT2D eigenvalue weighted by molar-refractivity contribution is 6.20. The molecular weight excluding hydrogens is 550 g/mol. The van der Waals surface area contributed by atoms with Gasteiger partial charge in [0.05, 0.1) is 17.1 Å². The number of benzene rings is 8. The lowest BCUT2D eigenvalue weighted by molar-refractivity contribution is 0.668. The summed E-state index contributed by atoms with van der Waals surface area (Å²) in [6, 6.07) is 53.6. The maximum atomic E-state index is 6.89. The number of hydrogen-bond donors (Lipinski definition) is 0. The molecule has 0 fully saturated rings. The van der Waals surface area contributed by atoms with Gasteiger partial charge in [-0.15, -0.1) is 0 Å². The highest BCUT2D eigenvalue weighted by Crippen LogP contribution is 2.47. The fourth-order valence-electron chi connectivity index (χ4n) is 7.17. The lowest BCUT2D eigenvalue weighted by Crippen LogP contribution is -2.11. The van der Waals surface area contributed by atoms with Crippen molar-refractivity contribution in [3.8, 4) is 0 Å². The highest BCUT2D eigenvalue weighted by atomic mass is 16.3. The number of rotatable bonds is 3. The van der Waals surface area contributed by atoms with E-state index in [4.69, 9.17) is 8.83 Å². The molecule has 0 aliphatic rings. The molecule has 8 aromatic carbocycles. The average Bonchev–Trinajstić information content (AvgIpc) is 3.67. The van der Waals surface area contributed by atoms with Gasteiger partial charge in [-0.25, -0.2) is 0 Å². The predicted molar refractivity (Wildman–Crippen MR) is 188 cm³/mol. The summed E-state index contributed by atoms with van der Waals surface area (Å²) in [6.07, 6.45) is 0. The molecule has 0 aliphatic heterocycles. The van der Waals surface area contributed by atoms with Crippen LogP contribution >= 0.6 is 0 Å². The van der Waals surface area contributed by atoms with E-state index in [-0.39, 0.29) is 0 Å². The first kappa shape index (κ1) is 24.4. The number of hydrogen-bond acceptors (Lipinski definition) is 3. The van der Waals surface area contributed by atoms with Gasteiger partial charge in [0.1, 0.15) is 16.7 Å². The molecule has 210 valence electrons. The van der Waals surface area contributed by atoms with Gasteiger partial charge in [0, 0.05) is 38.4 Å². The third-order valence-corrected chi connectivity index (χ3v) is 9.22.